The minimum absolute atomic E-state index is 0.186. The second-order valence-corrected chi connectivity index (χ2v) is 5.34. The van der Waals surface area contributed by atoms with Crippen LogP contribution >= 0.6 is 11.6 Å². The zero-order valence-electron chi connectivity index (χ0n) is 10.0. The highest BCUT2D eigenvalue weighted by atomic mass is 35.5. The van der Waals surface area contributed by atoms with Crippen molar-refractivity contribution in [1.82, 2.24) is 0 Å². The van der Waals surface area contributed by atoms with Crippen LogP contribution in [0.1, 0.15) is 32.6 Å². The Morgan fingerprint density at radius 3 is 2.61 bits per heavy atom. The maximum Gasteiger partial charge on any atom is 0.294 e. The molecular weight excluding hydrogens is 259 g/mol. The van der Waals surface area contributed by atoms with Crippen molar-refractivity contribution < 1.29 is 9.31 Å². The van der Waals surface area contributed by atoms with Crippen LogP contribution in [0.3, 0.4) is 0 Å². The molecule has 0 bridgehead atoms. The van der Waals surface area contributed by atoms with Crippen molar-refractivity contribution in [2.45, 2.75) is 38.1 Å². The largest absolute Gasteiger partial charge is 0.374 e. The quantitative estimate of drug-likeness (QED) is 0.665. The number of benzene rings is 1. The molecule has 0 saturated heterocycles. The van der Waals surface area contributed by atoms with Gasteiger partial charge in [-0.2, -0.15) is 0 Å². The molecule has 18 heavy (non-hydrogen) atoms. The monoisotopic (exact) mass is 272 g/mol. The molecule has 1 N–H and O–H groups in total. The van der Waals surface area contributed by atoms with E-state index in [2.05, 4.69) is 5.32 Å². The first kappa shape index (κ1) is 13.1. The molecule has 6 heteroatoms. The fraction of sp³-hybridized carbons (Fsp3) is 0.500. The fourth-order valence-corrected chi connectivity index (χ4v) is 2.55. The van der Waals surface area contributed by atoms with E-state index in [9.17, 15) is 14.5 Å². The number of nitrogens with zero attached hydrogens (tertiary/aromatic N) is 1. The maximum absolute atomic E-state index is 13.4. The third-order valence-electron chi connectivity index (χ3n) is 3.38. The Balaban J connectivity index is 2.36. The van der Waals surface area contributed by atoms with Crippen molar-refractivity contribution in [3.63, 3.8) is 0 Å². The fourth-order valence-electron chi connectivity index (χ4n) is 2.39. The number of hydrogen-bond acceptors (Lipinski definition) is 3. The molecule has 1 fully saturated rings. The Labute approximate surface area is 109 Å². The second-order valence-electron chi connectivity index (χ2n) is 4.93. The molecule has 0 amide bonds. The Kier molecular flexibility index (Phi) is 3.43. The minimum atomic E-state index is -0.647. The van der Waals surface area contributed by atoms with Gasteiger partial charge in [0.15, 0.2) is 0 Å². The van der Waals surface area contributed by atoms with Gasteiger partial charge in [0.05, 0.1) is 9.95 Å². The van der Waals surface area contributed by atoms with E-state index < -0.39 is 10.7 Å². The SMILES string of the molecule is CC1(Nc2cc(F)c(Cl)cc2[N+](=O)[O-])CCCC1. The Morgan fingerprint density at radius 2 is 2.06 bits per heavy atom. The van der Waals surface area contributed by atoms with Gasteiger partial charge in [0, 0.05) is 17.7 Å². The van der Waals surface area contributed by atoms with Crippen molar-refractivity contribution in [3.8, 4) is 0 Å². The van der Waals surface area contributed by atoms with E-state index in [4.69, 9.17) is 11.6 Å². The lowest BCUT2D eigenvalue weighted by Gasteiger charge is -2.26. The molecule has 98 valence electrons. The Bertz CT molecular complexity index is 487. The molecule has 1 saturated carbocycles. The van der Waals surface area contributed by atoms with Gasteiger partial charge in [-0.15, -0.1) is 0 Å². The lowest BCUT2D eigenvalue weighted by Crippen LogP contribution is -2.31. The van der Waals surface area contributed by atoms with Gasteiger partial charge < -0.3 is 5.32 Å². The number of nitro benzene ring substituents is 1. The normalized spacial score (nSPS) is 17.7. The summed E-state index contributed by atoms with van der Waals surface area (Å²) in [5.74, 6) is -0.647. The average Bonchev–Trinajstić information content (AvgIpc) is 2.69. The highest BCUT2D eigenvalue weighted by molar-refractivity contribution is 6.31. The molecule has 0 atom stereocenters. The molecule has 0 unspecified atom stereocenters. The van der Waals surface area contributed by atoms with Crippen molar-refractivity contribution in [1.29, 1.82) is 0 Å². The van der Waals surface area contributed by atoms with Gasteiger partial charge >= 0.3 is 0 Å². The van der Waals surface area contributed by atoms with E-state index in [-0.39, 0.29) is 21.9 Å². The summed E-state index contributed by atoms with van der Waals surface area (Å²) in [5, 5.41) is 13.8. The van der Waals surface area contributed by atoms with Crippen LogP contribution in [0.25, 0.3) is 0 Å². The van der Waals surface area contributed by atoms with E-state index in [1.54, 1.807) is 0 Å². The molecule has 2 rings (SSSR count). The van der Waals surface area contributed by atoms with E-state index in [0.29, 0.717) is 0 Å². The van der Waals surface area contributed by atoms with Crippen molar-refractivity contribution in [3.05, 3.63) is 33.1 Å². The number of anilines is 1. The first-order valence-electron chi connectivity index (χ1n) is 5.83. The summed E-state index contributed by atoms with van der Waals surface area (Å²) in [7, 11) is 0. The Morgan fingerprint density at radius 1 is 1.44 bits per heavy atom. The van der Waals surface area contributed by atoms with Gasteiger partial charge in [-0.3, -0.25) is 10.1 Å². The zero-order valence-corrected chi connectivity index (χ0v) is 10.8. The van der Waals surface area contributed by atoms with Crippen LogP contribution in [0.2, 0.25) is 5.02 Å². The summed E-state index contributed by atoms with van der Waals surface area (Å²) in [6.07, 6.45) is 4.00. The van der Waals surface area contributed by atoms with Crippen LogP contribution in [0, 0.1) is 15.9 Å². The van der Waals surface area contributed by atoms with Crippen molar-refractivity contribution in [2.24, 2.45) is 0 Å². The van der Waals surface area contributed by atoms with Crippen molar-refractivity contribution >= 4 is 23.0 Å². The van der Waals surface area contributed by atoms with Crippen molar-refractivity contribution in [2.75, 3.05) is 5.32 Å². The van der Waals surface area contributed by atoms with Crippen LogP contribution in [0.4, 0.5) is 15.8 Å². The first-order valence-corrected chi connectivity index (χ1v) is 6.21. The molecule has 1 aliphatic carbocycles. The molecule has 1 aliphatic rings. The molecular formula is C12H14ClFN2O2. The summed E-state index contributed by atoms with van der Waals surface area (Å²) >= 11 is 5.57. The van der Waals surface area contributed by atoms with E-state index >= 15 is 0 Å². The summed E-state index contributed by atoms with van der Waals surface area (Å²) in [4.78, 5) is 10.4. The lowest BCUT2D eigenvalue weighted by molar-refractivity contribution is -0.384. The molecule has 0 radical (unpaired) electrons. The van der Waals surface area contributed by atoms with E-state index in [1.165, 1.54) is 0 Å². The zero-order chi connectivity index (χ0) is 13.3. The number of halogens is 2. The summed E-state index contributed by atoms with van der Waals surface area (Å²) in [6.45, 7) is 2.00. The third kappa shape index (κ3) is 2.56. The predicted molar refractivity (Wildman–Crippen MR) is 68.6 cm³/mol. The van der Waals surface area contributed by atoms with Gasteiger partial charge in [0.2, 0.25) is 0 Å². The molecule has 4 nitrogen and oxygen atoms in total. The molecule has 1 aromatic carbocycles. The second kappa shape index (κ2) is 4.72. The van der Waals surface area contributed by atoms with Crippen LogP contribution in [0.15, 0.2) is 12.1 Å². The van der Waals surface area contributed by atoms with Gasteiger partial charge in [0.25, 0.3) is 5.69 Å². The number of nitrogens with one attached hydrogen (secondary N) is 1. The van der Waals surface area contributed by atoms with Crippen LogP contribution in [0.5, 0.6) is 0 Å². The minimum Gasteiger partial charge on any atom is -0.374 e. The molecule has 0 aromatic heterocycles. The van der Waals surface area contributed by atoms with Crippen LogP contribution < -0.4 is 5.32 Å². The summed E-state index contributed by atoms with van der Waals surface area (Å²) in [6, 6.07) is 2.15. The van der Waals surface area contributed by atoms with Gasteiger partial charge in [-0.05, 0) is 19.8 Å². The highest BCUT2D eigenvalue weighted by Gasteiger charge is 2.31. The molecule has 0 heterocycles. The van der Waals surface area contributed by atoms with Gasteiger partial charge in [0.1, 0.15) is 11.5 Å². The van der Waals surface area contributed by atoms with E-state index in [0.717, 1.165) is 37.8 Å². The maximum atomic E-state index is 13.4. The van der Waals surface area contributed by atoms with Gasteiger partial charge in [-0.1, -0.05) is 24.4 Å². The molecule has 0 spiro atoms. The average molecular weight is 273 g/mol. The topological polar surface area (TPSA) is 55.2 Å². The highest BCUT2D eigenvalue weighted by Crippen LogP contribution is 2.37. The molecule has 0 aliphatic heterocycles. The van der Waals surface area contributed by atoms with Gasteiger partial charge in [-0.25, -0.2) is 4.39 Å². The third-order valence-corrected chi connectivity index (χ3v) is 3.67. The predicted octanol–water partition coefficient (Wildman–Crippen LogP) is 4.13. The smallest absolute Gasteiger partial charge is 0.294 e. The van der Waals surface area contributed by atoms with Crippen LogP contribution in [-0.4, -0.2) is 10.5 Å². The standard InChI is InChI=1S/C12H14ClFN2O2/c1-12(4-2-3-5-12)15-10-7-9(14)8(13)6-11(10)16(17)18/h6-7,15H,2-5H2,1H3. The summed E-state index contributed by atoms with van der Waals surface area (Å²) in [5.41, 5.74) is -0.189. The summed E-state index contributed by atoms with van der Waals surface area (Å²) < 4.78 is 13.4. The van der Waals surface area contributed by atoms with Crippen LogP contribution in [-0.2, 0) is 0 Å². The number of hydrogen-bond donors (Lipinski definition) is 1. The number of rotatable bonds is 3. The number of nitro groups is 1. The van der Waals surface area contributed by atoms with E-state index in [1.807, 2.05) is 6.92 Å². The molecule has 1 aromatic rings. The Hall–Kier alpha value is -1.36. The lowest BCUT2D eigenvalue weighted by atomic mass is 10.00. The first-order chi connectivity index (χ1) is 8.41.